The van der Waals surface area contributed by atoms with Gasteiger partial charge in [-0.25, -0.2) is 4.68 Å². The van der Waals surface area contributed by atoms with Gasteiger partial charge in [0, 0.05) is 6.54 Å². The normalized spacial score (nSPS) is 10.5. The molecule has 0 aliphatic carbocycles. The second-order valence-corrected chi connectivity index (χ2v) is 3.79. The smallest absolute Gasteiger partial charge is 0.243 e. The minimum atomic E-state index is 0.0181. The third-order valence-electron chi connectivity index (χ3n) is 2.41. The van der Waals surface area contributed by atoms with Crippen molar-refractivity contribution in [1.82, 2.24) is 20.2 Å². The molecule has 0 saturated heterocycles. The van der Waals surface area contributed by atoms with Crippen LogP contribution in [0.3, 0.4) is 0 Å². The molecule has 1 aromatic carbocycles. The van der Waals surface area contributed by atoms with Gasteiger partial charge in [-0.1, -0.05) is 34.9 Å². The Hall–Kier alpha value is -1.95. The van der Waals surface area contributed by atoms with Gasteiger partial charge in [-0.05, 0) is 22.9 Å². The van der Waals surface area contributed by atoms with Crippen molar-refractivity contribution in [1.29, 1.82) is 0 Å². The zero-order valence-corrected chi connectivity index (χ0v) is 9.67. The topological polar surface area (TPSA) is 75.9 Å². The largest absolute Gasteiger partial charge is 0.394 e. The summed E-state index contributed by atoms with van der Waals surface area (Å²) in [5, 5.41) is 23.1. The number of aliphatic hydroxyl groups is 1. The molecule has 6 nitrogen and oxygen atoms in total. The van der Waals surface area contributed by atoms with Gasteiger partial charge in [0.1, 0.15) is 0 Å². The monoisotopic (exact) mass is 233 g/mol. The molecule has 1 aromatic heterocycles. The summed E-state index contributed by atoms with van der Waals surface area (Å²) in [6, 6.07) is 8.24. The summed E-state index contributed by atoms with van der Waals surface area (Å²) >= 11 is 0. The van der Waals surface area contributed by atoms with Crippen LogP contribution in [-0.2, 0) is 13.1 Å². The number of tetrazole rings is 1. The van der Waals surface area contributed by atoms with Crippen molar-refractivity contribution in [3.63, 3.8) is 0 Å². The molecule has 0 unspecified atom stereocenters. The summed E-state index contributed by atoms with van der Waals surface area (Å²) < 4.78 is 1.54. The van der Waals surface area contributed by atoms with E-state index in [2.05, 4.69) is 52.0 Å². The molecule has 2 rings (SSSR count). The first-order chi connectivity index (χ1) is 8.29. The van der Waals surface area contributed by atoms with Crippen LogP contribution in [0.25, 0.3) is 0 Å². The van der Waals surface area contributed by atoms with Gasteiger partial charge in [-0.2, -0.15) is 0 Å². The summed E-state index contributed by atoms with van der Waals surface area (Å²) in [4.78, 5) is 0. The first-order valence-corrected chi connectivity index (χ1v) is 5.46. The lowest BCUT2D eigenvalue weighted by Gasteiger charge is -2.06. The summed E-state index contributed by atoms with van der Waals surface area (Å²) in [6.07, 6.45) is 0. The van der Waals surface area contributed by atoms with E-state index < -0.39 is 0 Å². The van der Waals surface area contributed by atoms with Crippen molar-refractivity contribution in [2.75, 3.05) is 11.9 Å². The molecule has 0 aliphatic rings. The molecule has 2 aromatic rings. The number of rotatable bonds is 5. The van der Waals surface area contributed by atoms with Crippen LogP contribution in [-0.4, -0.2) is 31.9 Å². The average Bonchev–Trinajstić information content (AvgIpc) is 2.77. The van der Waals surface area contributed by atoms with Crippen LogP contribution in [0.5, 0.6) is 0 Å². The number of nitrogens with zero attached hydrogens (tertiary/aromatic N) is 4. The Kier molecular flexibility index (Phi) is 3.66. The number of anilines is 1. The maximum atomic E-state index is 8.83. The molecule has 90 valence electrons. The fourth-order valence-electron chi connectivity index (χ4n) is 1.46. The van der Waals surface area contributed by atoms with Crippen molar-refractivity contribution in [3.8, 4) is 0 Å². The predicted molar refractivity (Wildman–Crippen MR) is 63.4 cm³/mol. The Labute approximate surface area is 99.3 Å². The van der Waals surface area contributed by atoms with E-state index in [1.807, 2.05) is 0 Å². The minimum absolute atomic E-state index is 0.0181. The van der Waals surface area contributed by atoms with E-state index in [1.165, 1.54) is 10.2 Å². The Morgan fingerprint density at radius 2 is 2.06 bits per heavy atom. The highest BCUT2D eigenvalue weighted by molar-refractivity contribution is 5.27. The summed E-state index contributed by atoms with van der Waals surface area (Å²) in [5.74, 6) is 0.569. The molecule has 2 N–H and O–H groups in total. The van der Waals surface area contributed by atoms with Crippen molar-refractivity contribution in [3.05, 3.63) is 35.4 Å². The van der Waals surface area contributed by atoms with Gasteiger partial charge >= 0.3 is 0 Å². The fraction of sp³-hybridized carbons (Fsp3) is 0.364. The number of benzene rings is 1. The lowest BCUT2D eigenvalue weighted by Crippen LogP contribution is -2.10. The molecule has 0 saturated carbocycles. The Morgan fingerprint density at radius 1 is 1.29 bits per heavy atom. The zero-order valence-electron chi connectivity index (χ0n) is 9.67. The molecule has 0 atom stereocenters. The van der Waals surface area contributed by atoms with Gasteiger partial charge < -0.3 is 10.4 Å². The van der Waals surface area contributed by atoms with Gasteiger partial charge in [-0.3, -0.25) is 0 Å². The number of aryl methyl sites for hydroxylation is 1. The quantitative estimate of drug-likeness (QED) is 0.790. The average molecular weight is 233 g/mol. The molecule has 0 bridgehead atoms. The molecule has 0 radical (unpaired) electrons. The highest BCUT2D eigenvalue weighted by atomic mass is 16.3. The maximum Gasteiger partial charge on any atom is 0.243 e. The number of aromatic nitrogens is 4. The molecule has 1 heterocycles. The maximum absolute atomic E-state index is 8.83. The van der Waals surface area contributed by atoms with Crippen LogP contribution >= 0.6 is 0 Å². The van der Waals surface area contributed by atoms with E-state index in [-0.39, 0.29) is 6.61 Å². The third kappa shape index (κ3) is 3.01. The van der Waals surface area contributed by atoms with Crippen molar-refractivity contribution >= 4 is 5.95 Å². The molecule has 0 amide bonds. The molecule has 0 aliphatic heterocycles. The molecular formula is C11H15N5O. The number of hydrogen-bond donors (Lipinski definition) is 2. The van der Waals surface area contributed by atoms with E-state index in [1.54, 1.807) is 0 Å². The van der Waals surface area contributed by atoms with Gasteiger partial charge in [0.25, 0.3) is 0 Å². The zero-order chi connectivity index (χ0) is 12.1. The molecule has 6 heteroatoms. The second-order valence-electron chi connectivity index (χ2n) is 3.79. The van der Waals surface area contributed by atoms with Gasteiger partial charge in [0.05, 0.1) is 13.2 Å². The van der Waals surface area contributed by atoms with E-state index in [9.17, 15) is 0 Å². The highest BCUT2D eigenvalue weighted by Crippen LogP contribution is 2.06. The lowest BCUT2D eigenvalue weighted by molar-refractivity contribution is 0.269. The van der Waals surface area contributed by atoms with Crippen molar-refractivity contribution in [2.24, 2.45) is 0 Å². The SMILES string of the molecule is Cc1ccc(CNc2nnnn2CCO)cc1. The van der Waals surface area contributed by atoms with Crippen LogP contribution in [0.4, 0.5) is 5.95 Å². The summed E-state index contributed by atoms with van der Waals surface area (Å²) in [7, 11) is 0. The van der Waals surface area contributed by atoms with E-state index in [4.69, 9.17) is 5.11 Å². The number of nitrogens with one attached hydrogen (secondary N) is 1. The molecule has 0 fully saturated rings. The highest BCUT2D eigenvalue weighted by Gasteiger charge is 2.04. The van der Waals surface area contributed by atoms with Crippen LogP contribution in [0.2, 0.25) is 0 Å². The first-order valence-electron chi connectivity index (χ1n) is 5.46. The second kappa shape index (κ2) is 5.40. The van der Waals surface area contributed by atoms with Crippen LogP contribution in [0.15, 0.2) is 24.3 Å². The van der Waals surface area contributed by atoms with E-state index in [0.29, 0.717) is 19.0 Å². The fourth-order valence-corrected chi connectivity index (χ4v) is 1.46. The van der Waals surface area contributed by atoms with Crippen LogP contribution in [0, 0.1) is 6.92 Å². The van der Waals surface area contributed by atoms with Crippen LogP contribution in [0.1, 0.15) is 11.1 Å². The standard InChI is InChI=1S/C11H15N5O/c1-9-2-4-10(5-3-9)8-12-11-13-14-15-16(11)6-7-17/h2-5,17H,6-8H2,1H3,(H,12,13,15). The Balaban J connectivity index is 1.97. The third-order valence-corrected chi connectivity index (χ3v) is 2.41. The Bertz CT molecular complexity index is 465. The predicted octanol–water partition coefficient (Wildman–Crippen LogP) is 0.586. The van der Waals surface area contributed by atoms with Gasteiger partial charge in [0.2, 0.25) is 5.95 Å². The van der Waals surface area contributed by atoms with Crippen LogP contribution < -0.4 is 5.32 Å². The lowest BCUT2D eigenvalue weighted by atomic mass is 10.1. The van der Waals surface area contributed by atoms with E-state index >= 15 is 0 Å². The van der Waals surface area contributed by atoms with Crippen molar-refractivity contribution in [2.45, 2.75) is 20.0 Å². The van der Waals surface area contributed by atoms with E-state index in [0.717, 1.165) is 5.56 Å². The van der Waals surface area contributed by atoms with Gasteiger partial charge in [0.15, 0.2) is 0 Å². The number of hydrogen-bond acceptors (Lipinski definition) is 5. The minimum Gasteiger partial charge on any atom is -0.394 e. The molecule has 0 spiro atoms. The van der Waals surface area contributed by atoms with Gasteiger partial charge in [-0.15, -0.1) is 0 Å². The molecular weight excluding hydrogens is 218 g/mol. The number of aliphatic hydroxyl groups excluding tert-OH is 1. The van der Waals surface area contributed by atoms with Crippen molar-refractivity contribution < 1.29 is 5.11 Å². The first kappa shape index (κ1) is 11.5. The summed E-state index contributed by atoms with van der Waals surface area (Å²) in [5.41, 5.74) is 2.40. The summed E-state index contributed by atoms with van der Waals surface area (Å²) in [6.45, 7) is 3.12. The Morgan fingerprint density at radius 3 is 2.76 bits per heavy atom. The molecule has 17 heavy (non-hydrogen) atoms.